The van der Waals surface area contributed by atoms with E-state index in [1.165, 1.54) is 5.56 Å². The average Bonchev–Trinajstić information content (AvgIpc) is 2.49. The monoisotopic (exact) mass is 274 g/mol. The molecule has 0 aliphatic rings. The molecule has 0 fully saturated rings. The molecular formula is C16H26N4. The van der Waals surface area contributed by atoms with Gasteiger partial charge in [0.15, 0.2) is 0 Å². The quantitative estimate of drug-likeness (QED) is 0.791. The number of pyridine rings is 1. The van der Waals surface area contributed by atoms with Crippen molar-refractivity contribution in [3.8, 4) is 6.07 Å². The molecular weight excluding hydrogens is 248 g/mol. The second-order valence-corrected chi connectivity index (χ2v) is 5.19. The Hall–Kier alpha value is -1.60. The molecule has 0 saturated carbocycles. The summed E-state index contributed by atoms with van der Waals surface area (Å²) < 4.78 is 0. The van der Waals surface area contributed by atoms with E-state index in [9.17, 15) is 0 Å². The molecule has 4 heteroatoms. The summed E-state index contributed by atoms with van der Waals surface area (Å²) in [4.78, 5) is 6.61. The molecule has 4 nitrogen and oxygen atoms in total. The van der Waals surface area contributed by atoms with E-state index in [4.69, 9.17) is 5.26 Å². The molecule has 0 aromatic carbocycles. The van der Waals surface area contributed by atoms with Gasteiger partial charge in [-0.25, -0.2) is 4.98 Å². The summed E-state index contributed by atoms with van der Waals surface area (Å²) in [5, 5.41) is 12.4. The van der Waals surface area contributed by atoms with E-state index < -0.39 is 0 Å². The fourth-order valence-corrected chi connectivity index (χ4v) is 2.11. The van der Waals surface area contributed by atoms with Crippen molar-refractivity contribution in [3.05, 3.63) is 23.9 Å². The summed E-state index contributed by atoms with van der Waals surface area (Å²) in [5.41, 5.74) is 1.24. The number of nitrogens with zero attached hydrogens (tertiary/aromatic N) is 3. The van der Waals surface area contributed by atoms with Crippen LogP contribution in [0, 0.1) is 17.2 Å². The maximum atomic E-state index is 8.96. The van der Waals surface area contributed by atoms with Gasteiger partial charge in [0.1, 0.15) is 5.82 Å². The van der Waals surface area contributed by atoms with Gasteiger partial charge in [0.2, 0.25) is 0 Å². The lowest BCUT2D eigenvalue weighted by atomic mass is 10.1. The van der Waals surface area contributed by atoms with Crippen LogP contribution in [0.2, 0.25) is 0 Å². The summed E-state index contributed by atoms with van der Waals surface area (Å²) in [6.07, 6.45) is 2.98. The zero-order chi connectivity index (χ0) is 15.0. The molecule has 0 bridgehead atoms. The molecule has 20 heavy (non-hydrogen) atoms. The number of rotatable bonds is 8. The van der Waals surface area contributed by atoms with Crippen molar-refractivity contribution in [1.29, 1.82) is 5.26 Å². The number of hydrogen-bond donors (Lipinski definition) is 1. The molecule has 0 aliphatic heterocycles. The molecule has 110 valence electrons. The van der Waals surface area contributed by atoms with Crippen molar-refractivity contribution in [2.45, 2.75) is 40.2 Å². The van der Waals surface area contributed by atoms with Gasteiger partial charge in [0.25, 0.3) is 0 Å². The molecule has 2 unspecified atom stereocenters. The lowest BCUT2D eigenvalue weighted by Gasteiger charge is -2.24. The molecule has 0 amide bonds. The van der Waals surface area contributed by atoms with E-state index in [2.05, 4.69) is 54.2 Å². The highest BCUT2D eigenvalue weighted by Crippen LogP contribution is 2.19. The SMILES string of the molecule is CCCNC(C)c1ccnc(N(CC)CC(C)C#N)c1. The largest absolute Gasteiger partial charge is 0.356 e. The van der Waals surface area contributed by atoms with E-state index in [1.807, 2.05) is 13.1 Å². The minimum absolute atomic E-state index is 0.0102. The minimum Gasteiger partial charge on any atom is -0.356 e. The molecule has 0 saturated heterocycles. The second-order valence-electron chi connectivity index (χ2n) is 5.19. The van der Waals surface area contributed by atoms with Gasteiger partial charge in [-0.05, 0) is 51.4 Å². The zero-order valence-corrected chi connectivity index (χ0v) is 13.1. The van der Waals surface area contributed by atoms with E-state index in [0.29, 0.717) is 6.04 Å². The van der Waals surface area contributed by atoms with Crippen LogP contribution >= 0.6 is 0 Å². The van der Waals surface area contributed by atoms with Gasteiger partial charge in [-0.3, -0.25) is 0 Å². The van der Waals surface area contributed by atoms with E-state index in [1.54, 1.807) is 0 Å². The lowest BCUT2D eigenvalue weighted by molar-refractivity contribution is 0.569. The van der Waals surface area contributed by atoms with E-state index in [0.717, 1.165) is 31.9 Å². The zero-order valence-electron chi connectivity index (χ0n) is 13.1. The minimum atomic E-state index is 0.0102. The predicted molar refractivity (Wildman–Crippen MR) is 83.6 cm³/mol. The van der Waals surface area contributed by atoms with Crippen molar-refractivity contribution in [1.82, 2.24) is 10.3 Å². The van der Waals surface area contributed by atoms with Gasteiger partial charge < -0.3 is 10.2 Å². The van der Waals surface area contributed by atoms with Crippen LogP contribution < -0.4 is 10.2 Å². The van der Waals surface area contributed by atoms with Crippen LogP contribution in [0.25, 0.3) is 0 Å². The Balaban J connectivity index is 2.82. The topological polar surface area (TPSA) is 52.0 Å². The Bertz CT molecular complexity index is 438. The van der Waals surface area contributed by atoms with Crippen LogP contribution in [0.15, 0.2) is 18.3 Å². The second kappa shape index (κ2) is 8.55. The van der Waals surface area contributed by atoms with Gasteiger partial charge in [-0.15, -0.1) is 0 Å². The van der Waals surface area contributed by atoms with Gasteiger partial charge in [-0.1, -0.05) is 6.92 Å². The van der Waals surface area contributed by atoms with Crippen LogP contribution in [0.5, 0.6) is 0 Å². The molecule has 1 rings (SSSR count). The van der Waals surface area contributed by atoms with Crippen molar-refractivity contribution in [2.24, 2.45) is 5.92 Å². The number of nitriles is 1. The third kappa shape index (κ3) is 4.82. The Labute approximate surface area is 122 Å². The third-order valence-corrected chi connectivity index (χ3v) is 3.39. The summed E-state index contributed by atoms with van der Waals surface area (Å²) in [5.74, 6) is 0.966. The Morgan fingerprint density at radius 1 is 1.40 bits per heavy atom. The first-order chi connectivity index (χ1) is 9.62. The number of anilines is 1. The fourth-order valence-electron chi connectivity index (χ4n) is 2.11. The summed E-state index contributed by atoms with van der Waals surface area (Å²) >= 11 is 0. The Morgan fingerprint density at radius 2 is 2.15 bits per heavy atom. The maximum absolute atomic E-state index is 8.96. The number of hydrogen-bond acceptors (Lipinski definition) is 4. The van der Waals surface area contributed by atoms with Crippen LogP contribution in [-0.4, -0.2) is 24.6 Å². The molecule has 1 aromatic heterocycles. The van der Waals surface area contributed by atoms with Gasteiger partial charge in [0, 0.05) is 25.3 Å². The first-order valence-corrected chi connectivity index (χ1v) is 7.46. The van der Waals surface area contributed by atoms with Crippen LogP contribution in [0.4, 0.5) is 5.82 Å². The normalized spacial score (nSPS) is 13.6. The van der Waals surface area contributed by atoms with Gasteiger partial charge in [-0.2, -0.15) is 5.26 Å². The third-order valence-electron chi connectivity index (χ3n) is 3.39. The molecule has 1 aromatic rings. The fraction of sp³-hybridized carbons (Fsp3) is 0.625. The van der Waals surface area contributed by atoms with Crippen molar-refractivity contribution in [2.75, 3.05) is 24.5 Å². The Morgan fingerprint density at radius 3 is 2.75 bits per heavy atom. The lowest BCUT2D eigenvalue weighted by Crippen LogP contribution is -2.29. The molecule has 2 atom stereocenters. The molecule has 0 spiro atoms. The molecule has 0 aliphatic carbocycles. The van der Waals surface area contributed by atoms with Gasteiger partial charge >= 0.3 is 0 Å². The highest BCUT2D eigenvalue weighted by molar-refractivity contribution is 5.42. The van der Waals surface area contributed by atoms with E-state index >= 15 is 0 Å². The summed E-state index contributed by atoms with van der Waals surface area (Å²) in [6, 6.07) is 6.79. The molecule has 1 heterocycles. The summed E-state index contributed by atoms with van der Waals surface area (Å²) in [6.45, 7) is 11.0. The summed E-state index contributed by atoms with van der Waals surface area (Å²) in [7, 11) is 0. The van der Waals surface area contributed by atoms with Crippen molar-refractivity contribution < 1.29 is 0 Å². The average molecular weight is 274 g/mol. The standard InChI is InChI=1S/C16H26N4/c1-5-8-18-14(4)15-7-9-19-16(10-15)20(6-2)12-13(3)11-17/h7,9-10,13-14,18H,5-6,8,12H2,1-4H3. The van der Waals surface area contributed by atoms with Crippen LogP contribution in [0.1, 0.15) is 45.7 Å². The van der Waals surface area contributed by atoms with Crippen LogP contribution in [0.3, 0.4) is 0 Å². The Kier molecular flexibility index (Phi) is 7.03. The number of nitrogens with one attached hydrogen (secondary N) is 1. The van der Waals surface area contributed by atoms with E-state index in [-0.39, 0.29) is 5.92 Å². The number of aromatic nitrogens is 1. The highest BCUT2D eigenvalue weighted by Gasteiger charge is 2.12. The maximum Gasteiger partial charge on any atom is 0.128 e. The van der Waals surface area contributed by atoms with Crippen LogP contribution in [-0.2, 0) is 0 Å². The first kappa shape index (κ1) is 16.5. The molecule has 1 N–H and O–H groups in total. The smallest absolute Gasteiger partial charge is 0.128 e. The van der Waals surface area contributed by atoms with Crippen molar-refractivity contribution >= 4 is 5.82 Å². The predicted octanol–water partition coefficient (Wildman–Crippen LogP) is 3.13. The van der Waals surface area contributed by atoms with Gasteiger partial charge in [0.05, 0.1) is 12.0 Å². The van der Waals surface area contributed by atoms with Crippen molar-refractivity contribution in [3.63, 3.8) is 0 Å². The highest BCUT2D eigenvalue weighted by atomic mass is 15.2. The first-order valence-electron chi connectivity index (χ1n) is 7.46. The molecule has 0 radical (unpaired) electrons.